The molecule has 1 aromatic carbocycles. The Kier molecular flexibility index (Phi) is 5.17. The van der Waals surface area contributed by atoms with Crippen LogP contribution in [0.3, 0.4) is 0 Å². The quantitative estimate of drug-likeness (QED) is 0.874. The van der Waals surface area contributed by atoms with Crippen LogP contribution in [0.1, 0.15) is 34.6 Å². The van der Waals surface area contributed by atoms with Gasteiger partial charge in [0.15, 0.2) is 0 Å². The van der Waals surface area contributed by atoms with E-state index in [1.807, 2.05) is 13.0 Å². The van der Waals surface area contributed by atoms with Gasteiger partial charge in [0.2, 0.25) is 0 Å². The smallest absolute Gasteiger partial charge is 0.337 e. The van der Waals surface area contributed by atoms with Crippen LogP contribution in [0, 0.1) is 0 Å². The van der Waals surface area contributed by atoms with E-state index in [2.05, 4.69) is 10.3 Å². The summed E-state index contributed by atoms with van der Waals surface area (Å²) in [7, 11) is 0. The second kappa shape index (κ2) is 6.89. The molecule has 0 saturated heterocycles. The monoisotopic (exact) mass is 324 g/mol. The zero-order valence-corrected chi connectivity index (χ0v) is 12.8. The highest BCUT2D eigenvalue weighted by atomic mass is 35.5. The van der Waals surface area contributed by atoms with Gasteiger partial charge in [0, 0.05) is 28.8 Å². The molecule has 0 spiro atoms. The largest absolute Gasteiger partial charge is 0.478 e. The van der Waals surface area contributed by atoms with Crippen LogP contribution in [0.15, 0.2) is 36.5 Å². The molecule has 0 aliphatic rings. The summed E-state index contributed by atoms with van der Waals surface area (Å²) >= 11 is 12.0. The van der Waals surface area contributed by atoms with Crippen molar-refractivity contribution in [3.63, 3.8) is 0 Å². The summed E-state index contributed by atoms with van der Waals surface area (Å²) < 4.78 is 0. The minimum Gasteiger partial charge on any atom is -0.478 e. The Labute approximate surface area is 132 Å². The van der Waals surface area contributed by atoms with Crippen LogP contribution >= 0.6 is 23.2 Å². The lowest BCUT2D eigenvalue weighted by molar-refractivity contribution is 0.0696. The lowest BCUT2D eigenvalue weighted by atomic mass is 10.1. The lowest BCUT2D eigenvalue weighted by Crippen LogP contribution is -2.19. The van der Waals surface area contributed by atoms with Gasteiger partial charge in [0.25, 0.3) is 0 Å². The first kappa shape index (κ1) is 15.8. The molecule has 0 amide bonds. The third-order valence-electron chi connectivity index (χ3n) is 3.09. The normalized spacial score (nSPS) is 12.1. The summed E-state index contributed by atoms with van der Waals surface area (Å²) in [5.74, 6) is -0.983. The first-order valence-electron chi connectivity index (χ1n) is 6.34. The molecule has 0 saturated carbocycles. The third-order valence-corrected chi connectivity index (χ3v) is 3.65. The van der Waals surface area contributed by atoms with Gasteiger partial charge in [0.05, 0.1) is 11.3 Å². The van der Waals surface area contributed by atoms with E-state index < -0.39 is 5.97 Å². The third kappa shape index (κ3) is 4.17. The number of aromatic carboxylic acids is 1. The van der Waals surface area contributed by atoms with E-state index in [1.165, 1.54) is 12.3 Å². The molecular formula is C15H14Cl2N2O2. The Bertz CT molecular complexity index is 645. The van der Waals surface area contributed by atoms with Crippen LogP contribution in [0.2, 0.25) is 10.0 Å². The van der Waals surface area contributed by atoms with Crippen molar-refractivity contribution in [2.75, 3.05) is 0 Å². The average molecular weight is 325 g/mol. The summed E-state index contributed by atoms with van der Waals surface area (Å²) in [4.78, 5) is 14.9. The number of nitrogens with zero attached hydrogens (tertiary/aromatic N) is 1. The van der Waals surface area contributed by atoms with Crippen LogP contribution in [0.25, 0.3) is 0 Å². The second-order valence-corrected chi connectivity index (χ2v) is 5.46. The number of carboxylic acids is 1. The number of carbonyl (C=O) groups is 1. The van der Waals surface area contributed by atoms with Gasteiger partial charge in [0.1, 0.15) is 0 Å². The number of hydrogen-bond acceptors (Lipinski definition) is 3. The van der Waals surface area contributed by atoms with Gasteiger partial charge in [-0.2, -0.15) is 0 Å². The molecule has 2 rings (SSSR count). The Hall–Kier alpha value is -1.62. The summed E-state index contributed by atoms with van der Waals surface area (Å²) in [6.45, 7) is 2.50. The molecule has 1 unspecified atom stereocenters. The molecule has 1 atom stereocenters. The van der Waals surface area contributed by atoms with Crippen molar-refractivity contribution in [3.8, 4) is 0 Å². The van der Waals surface area contributed by atoms with E-state index in [1.54, 1.807) is 18.2 Å². The number of carboxylic acid groups (broad SMARTS) is 1. The number of hydrogen-bond donors (Lipinski definition) is 2. The molecule has 1 aromatic heterocycles. The fourth-order valence-electron chi connectivity index (χ4n) is 1.88. The maximum absolute atomic E-state index is 10.7. The predicted octanol–water partition coefficient (Wildman–Crippen LogP) is 3.94. The zero-order valence-electron chi connectivity index (χ0n) is 11.3. The minimum atomic E-state index is -0.983. The number of aromatic nitrogens is 1. The van der Waals surface area contributed by atoms with Gasteiger partial charge < -0.3 is 10.4 Å². The van der Waals surface area contributed by atoms with Crippen LogP contribution in [-0.2, 0) is 6.54 Å². The maximum atomic E-state index is 10.7. The number of halogens is 2. The standard InChI is InChI=1S/C15H14Cl2N2O2/c1-9(13-5-3-11(16)6-14(13)17)18-8-12-4-2-10(7-19-12)15(20)21/h2-7,9,18H,8H2,1H3,(H,20,21). The Morgan fingerprint density at radius 2 is 2.10 bits per heavy atom. The fourth-order valence-corrected chi connectivity index (χ4v) is 2.45. The van der Waals surface area contributed by atoms with E-state index in [4.69, 9.17) is 28.3 Å². The Balaban J connectivity index is 2.00. The van der Waals surface area contributed by atoms with E-state index in [-0.39, 0.29) is 11.6 Å². The first-order chi connectivity index (χ1) is 9.97. The highest BCUT2D eigenvalue weighted by Crippen LogP contribution is 2.26. The molecular weight excluding hydrogens is 311 g/mol. The van der Waals surface area contributed by atoms with Crippen molar-refractivity contribution in [2.24, 2.45) is 0 Å². The molecule has 21 heavy (non-hydrogen) atoms. The molecule has 0 aliphatic heterocycles. The predicted molar refractivity (Wildman–Crippen MR) is 82.9 cm³/mol. The summed E-state index contributed by atoms with van der Waals surface area (Å²) in [5, 5.41) is 13.3. The Morgan fingerprint density at radius 1 is 1.33 bits per heavy atom. The first-order valence-corrected chi connectivity index (χ1v) is 7.09. The molecule has 110 valence electrons. The highest BCUT2D eigenvalue weighted by Gasteiger charge is 2.10. The summed E-state index contributed by atoms with van der Waals surface area (Å²) in [6.07, 6.45) is 1.35. The summed E-state index contributed by atoms with van der Waals surface area (Å²) in [6, 6.07) is 8.62. The maximum Gasteiger partial charge on any atom is 0.337 e. The van der Waals surface area contributed by atoms with E-state index in [0.29, 0.717) is 16.6 Å². The van der Waals surface area contributed by atoms with Crippen molar-refractivity contribution in [1.82, 2.24) is 10.3 Å². The highest BCUT2D eigenvalue weighted by molar-refractivity contribution is 6.35. The number of pyridine rings is 1. The van der Waals surface area contributed by atoms with Crippen molar-refractivity contribution >= 4 is 29.2 Å². The number of rotatable bonds is 5. The molecule has 6 heteroatoms. The molecule has 1 heterocycles. The van der Waals surface area contributed by atoms with Crippen LogP contribution in [-0.4, -0.2) is 16.1 Å². The zero-order chi connectivity index (χ0) is 15.4. The number of nitrogens with one attached hydrogen (secondary N) is 1. The SMILES string of the molecule is CC(NCc1ccc(C(=O)O)cn1)c1ccc(Cl)cc1Cl. The molecule has 2 aromatic rings. The second-order valence-electron chi connectivity index (χ2n) is 4.61. The van der Waals surface area contributed by atoms with Gasteiger partial charge in [-0.25, -0.2) is 4.79 Å². The van der Waals surface area contributed by atoms with E-state index in [9.17, 15) is 4.79 Å². The van der Waals surface area contributed by atoms with Crippen LogP contribution in [0.4, 0.5) is 0 Å². The van der Waals surface area contributed by atoms with Crippen molar-refractivity contribution in [2.45, 2.75) is 19.5 Å². The van der Waals surface area contributed by atoms with Gasteiger partial charge in [-0.1, -0.05) is 29.3 Å². The van der Waals surface area contributed by atoms with E-state index >= 15 is 0 Å². The molecule has 4 nitrogen and oxygen atoms in total. The molecule has 0 fully saturated rings. The molecule has 0 aliphatic carbocycles. The Morgan fingerprint density at radius 3 is 2.67 bits per heavy atom. The van der Waals surface area contributed by atoms with Crippen LogP contribution in [0.5, 0.6) is 0 Å². The molecule has 2 N–H and O–H groups in total. The van der Waals surface area contributed by atoms with Gasteiger partial charge in [-0.3, -0.25) is 4.98 Å². The summed E-state index contributed by atoms with van der Waals surface area (Å²) in [5.41, 5.74) is 1.88. The van der Waals surface area contributed by atoms with Crippen molar-refractivity contribution in [1.29, 1.82) is 0 Å². The van der Waals surface area contributed by atoms with Crippen molar-refractivity contribution < 1.29 is 9.90 Å². The van der Waals surface area contributed by atoms with Gasteiger partial charge >= 0.3 is 5.97 Å². The van der Waals surface area contributed by atoms with Gasteiger partial charge in [-0.05, 0) is 36.8 Å². The molecule has 0 bridgehead atoms. The topological polar surface area (TPSA) is 62.2 Å². The average Bonchev–Trinajstić information content (AvgIpc) is 2.45. The van der Waals surface area contributed by atoms with Crippen molar-refractivity contribution in [3.05, 3.63) is 63.4 Å². The lowest BCUT2D eigenvalue weighted by Gasteiger charge is -2.15. The van der Waals surface area contributed by atoms with Crippen LogP contribution < -0.4 is 5.32 Å². The number of benzene rings is 1. The molecule has 0 radical (unpaired) electrons. The fraction of sp³-hybridized carbons (Fsp3) is 0.200. The minimum absolute atomic E-state index is 0.0238. The van der Waals surface area contributed by atoms with E-state index in [0.717, 1.165) is 11.3 Å². The van der Waals surface area contributed by atoms with Gasteiger partial charge in [-0.15, -0.1) is 0 Å².